The zero-order valence-electron chi connectivity index (χ0n) is 81.8. The molecule has 0 aromatic carbocycles. The molecule has 0 aliphatic rings. The van der Waals surface area contributed by atoms with Crippen molar-refractivity contribution in [2.24, 2.45) is 54.1 Å². The quantitative estimate of drug-likeness (QED) is 0.0492. The van der Waals surface area contributed by atoms with Gasteiger partial charge in [-0.05, 0) is 190 Å². The van der Waals surface area contributed by atoms with Crippen LogP contribution in [-0.4, -0.2) is 173 Å². The Hall–Kier alpha value is -7.18. The van der Waals surface area contributed by atoms with E-state index in [1.807, 2.05) is 64.0 Å². The molecule has 0 rings (SSSR count). The van der Waals surface area contributed by atoms with Gasteiger partial charge in [-0.2, -0.15) is 0 Å². The van der Waals surface area contributed by atoms with Crippen LogP contribution >= 0.6 is 0 Å². The Kier molecular flexibility index (Phi) is 75.8. The lowest BCUT2D eigenvalue weighted by molar-refractivity contribution is -0.126. The van der Waals surface area contributed by atoms with Crippen LogP contribution in [0.3, 0.4) is 0 Å². The molecule has 0 heterocycles. The molecule has 115 heavy (non-hydrogen) atoms. The molecule has 0 saturated heterocycles. The Morgan fingerprint density at radius 1 is 0.313 bits per heavy atom. The molecule has 18 heteroatoms. The largest absolute Gasteiger partial charge is 0.352 e. The predicted octanol–water partition coefficient (Wildman–Crippen LogP) is 20.8. The molecule has 0 aromatic rings. The molecule has 0 radical (unpaired) electrons. The predicted molar refractivity (Wildman–Crippen MR) is 499 cm³/mol. The van der Waals surface area contributed by atoms with Gasteiger partial charge in [0, 0.05) is 104 Å². The molecule has 0 unspecified atom stereocenters. The van der Waals surface area contributed by atoms with E-state index in [2.05, 4.69) is 268 Å². The Balaban J connectivity index is -0.000000133. The number of allylic oxidation sites excluding steroid dienone is 6. The highest BCUT2D eigenvalue weighted by atomic mass is 16.2. The van der Waals surface area contributed by atoms with Gasteiger partial charge in [0.15, 0.2) is 23.1 Å². The number of carbonyl (C=O) groups excluding carboxylic acids is 10. The lowest BCUT2D eigenvalue weighted by Crippen LogP contribution is -2.33. The summed E-state index contributed by atoms with van der Waals surface area (Å²) in [5.41, 5.74) is 2.76. The standard InChI is InChI=1S/C12H23NO.C11H22N2O.C10H19NO.2C10H18O.3C9H17NO.C9H16O.C8H15NO/c1-12(2,3)9-8-11(14)7-6-10-13(4)5;1-11(2,3)9-12-10(14)7-6-8-13(4)5;1-6-9(12)11(5)8-7-10(2,3)4;1-5-9(11)7-6-8-10(2,3)4;1-5-6-9(11)7-8-10(2,3)4;1-7(2)8(11)10-6-9(3,4)5;1-6-8(11)10(5)7-9(2,3)4;1-5-6-8(11)10-7-9(2,3)4;1-5-8(10)6-7-9(2,3)4;1-5-7(10)9-6-8(2,3)4/h6-7H,8-10H2,1-5H3;6-7H,8-9H2,1-5H3,(H,12,14);6H,1,7-8H2,2-5H3;5H,1,6-8H2,2-4H3;5-6H,7-8H2,1-4H3;1,6H2,2-5H3,(H,10,11);6H,1,7H2,2-5H3;5-6H,7H2,1-4H3,(H,10,11);5H,1,6-7H2,2-4H3;5H,1,6H2,2-4H3,(H,9,10)/b2*7-6+;;;6-5+;;;6-5+;;. The number of ketones is 4. The molecule has 0 bridgehead atoms. The van der Waals surface area contributed by atoms with Crippen LogP contribution in [0.5, 0.6) is 0 Å². The van der Waals surface area contributed by atoms with E-state index in [1.54, 1.807) is 61.2 Å². The third kappa shape index (κ3) is 136. The first kappa shape index (κ1) is 129. The maximum absolute atomic E-state index is 11.4. The molecule has 0 aliphatic carbocycles. The second-order valence-electron chi connectivity index (χ2n) is 41.5. The van der Waals surface area contributed by atoms with Crippen molar-refractivity contribution >= 4 is 58.6 Å². The Morgan fingerprint density at radius 2 is 0.609 bits per heavy atom. The number of amides is 6. The smallest absolute Gasteiger partial charge is 0.246 e. The molecule has 0 saturated carbocycles. The molecule has 18 nitrogen and oxygen atoms in total. The average Bonchev–Trinajstić information content (AvgIpc) is 0.922. The van der Waals surface area contributed by atoms with E-state index in [0.29, 0.717) is 56.3 Å². The fraction of sp³-hybridized carbons (Fsp3) is 0.691. The highest BCUT2D eigenvalue weighted by molar-refractivity contribution is 5.93. The van der Waals surface area contributed by atoms with Crippen LogP contribution in [0.25, 0.3) is 0 Å². The maximum atomic E-state index is 11.4. The second kappa shape index (κ2) is 67.8. The number of rotatable bonds is 30. The first-order valence-electron chi connectivity index (χ1n) is 40.8. The highest BCUT2D eigenvalue weighted by Crippen LogP contribution is 2.24. The molecule has 6 amide bonds. The first-order valence-corrected chi connectivity index (χ1v) is 40.8. The lowest BCUT2D eigenvalue weighted by atomic mass is 9.89. The number of hydrogen-bond donors (Lipinski definition) is 4. The summed E-state index contributed by atoms with van der Waals surface area (Å²) in [6.45, 7) is 95.6. The van der Waals surface area contributed by atoms with Crippen LogP contribution in [0, 0.1) is 54.1 Å². The summed E-state index contributed by atoms with van der Waals surface area (Å²) in [7, 11) is 11.5. The third-order valence-electron chi connectivity index (χ3n) is 14.1. The fourth-order valence-corrected chi connectivity index (χ4v) is 7.22. The number of carbonyl (C=O) groups is 10. The van der Waals surface area contributed by atoms with Crippen molar-refractivity contribution in [3.63, 3.8) is 0 Å². The van der Waals surface area contributed by atoms with Crippen LogP contribution < -0.4 is 21.3 Å². The number of nitrogens with zero attached hydrogens (tertiary/aromatic N) is 4. The minimum absolute atomic E-state index is 0.000694. The van der Waals surface area contributed by atoms with Crippen molar-refractivity contribution in [2.45, 2.75) is 293 Å². The summed E-state index contributed by atoms with van der Waals surface area (Å²) in [6, 6.07) is 0. The van der Waals surface area contributed by atoms with Gasteiger partial charge in [-0.25, -0.2) is 0 Å². The van der Waals surface area contributed by atoms with Crippen LogP contribution in [0.1, 0.15) is 293 Å². The van der Waals surface area contributed by atoms with E-state index in [4.69, 9.17) is 0 Å². The first-order chi connectivity index (χ1) is 51.5. The van der Waals surface area contributed by atoms with Crippen molar-refractivity contribution in [1.82, 2.24) is 40.9 Å². The molecule has 670 valence electrons. The lowest BCUT2D eigenvalue weighted by Gasteiger charge is -2.25. The zero-order chi connectivity index (χ0) is 93.4. The Morgan fingerprint density at radius 3 is 0.896 bits per heavy atom. The van der Waals surface area contributed by atoms with Crippen LogP contribution in [0.4, 0.5) is 0 Å². The zero-order valence-corrected chi connectivity index (χ0v) is 81.8. The van der Waals surface area contributed by atoms with Crippen molar-refractivity contribution in [2.75, 3.05) is 94.6 Å². The number of nitrogens with one attached hydrogen (secondary N) is 4. The molecule has 4 N–H and O–H groups in total. The van der Waals surface area contributed by atoms with Crippen molar-refractivity contribution in [3.8, 4) is 0 Å². The monoisotopic (exact) mass is 1620 g/mol. The fourth-order valence-electron chi connectivity index (χ4n) is 7.22. The summed E-state index contributed by atoms with van der Waals surface area (Å²) in [6.07, 6.45) is 29.1. The van der Waals surface area contributed by atoms with E-state index in [0.717, 1.165) is 71.2 Å². The van der Waals surface area contributed by atoms with Gasteiger partial charge < -0.3 is 40.9 Å². The number of hydrogen-bond acceptors (Lipinski definition) is 12. The minimum atomic E-state index is -0.102. The van der Waals surface area contributed by atoms with Gasteiger partial charge in [0.05, 0.1) is 0 Å². The second-order valence-corrected chi connectivity index (χ2v) is 41.5. The van der Waals surface area contributed by atoms with Gasteiger partial charge in [-0.3, -0.25) is 47.9 Å². The molecule has 0 aromatic heterocycles. The van der Waals surface area contributed by atoms with Crippen molar-refractivity contribution < 1.29 is 47.9 Å². The van der Waals surface area contributed by atoms with E-state index >= 15 is 0 Å². The van der Waals surface area contributed by atoms with Crippen LogP contribution in [0.15, 0.2) is 124 Å². The maximum Gasteiger partial charge on any atom is 0.246 e. The normalized spacial score (nSPS) is 11.6. The number of likely N-dealkylation sites (N-methyl/N-ethyl adjacent to an activating group) is 4. The van der Waals surface area contributed by atoms with Gasteiger partial charge in [-0.1, -0.05) is 271 Å². The topological polar surface area (TPSA) is 232 Å². The summed E-state index contributed by atoms with van der Waals surface area (Å²) in [5, 5.41) is 11.1. The molecule has 0 spiro atoms. The van der Waals surface area contributed by atoms with Crippen molar-refractivity contribution in [3.05, 3.63) is 124 Å². The molecular weight excluding hydrogens is 1440 g/mol. The van der Waals surface area contributed by atoms with E-state index in [1.165, 1.54) is 36.5 Å². The highest BCUT2D eigenvalue weighted by Gasteiger charge is 2.19. The molecular formula is C97H182N8O10. The van der Waals surface area contributed by atoms with Crippen molar-refractivity contribution in [1.29, 1.82) is 0 Å². The molecule has 0 fully saturated rings. The summed E-state index contributed by atoms with van der Waals surface area (Å²) in [4.78, 5) is 117. The van der Waals surface area contributed by atoms with Gasteiger partial charge in [-0.15, -0.1) is 0 Å². The van der Waals surface area contributed by atoms with Gasteiger partial charge >= 0.3 is 0 Å². The van der Waals surface area contributed by atoms with E-state index in [-0.39, 0.29) is 107 Å². The SMILES string of the molecule is C/C=C/C(=O)CCC(C)(C)C.C/C=C/C(=O)NCC(C)(C)C.C=C(C)C(=O)NCC(C)(C)C.C=CC(=O)CCC(C)(C)C.C=CC(=O)CCCC(C)(C)C.C=CC(=O)N(C)CC(C)(C)C.C=CC(=O)N(C)CCC(C)(C)C.C=CC(=O)NCC(C)(C)C.CN(C)C/C=C/C(=O)CCC(C)(C)C.CN(C)C/C=C/C(=O)NCC(C)(C)C. The van der Waals surface area contributed by atoms with E-state index < -0.39 is 0 Å². The van der Waals surface area contributed by atoms with Gasteiger partial charge in [0.1, 0.15) is 0 Å². The summed E-state index contributed by atoms with van der Waals surface area (Å²) in [5.74, 6) is 0.589. The Bertz CT molecular complexity index is 2770. The Labute approximate surface area is 709 Å². The summed E-state index contributed by atoms with van der Waals surface area (Å²) < 4.78 is 0. The third-order valence-corrected chi connectivity index (χ3v) is 14.1. The van der Waals surface area contributed by atoms with E-state index in [9.17, 15) is 47.9 Å². The van der Waals surface area contributed by atoms with Gasteiger partial charge in [0.2, 0.25) is 35.4 Å². The molecule has 0 aliphatic heterocycles. The van der Waals surface area contributed by atoms with Crippen LogP contribution in [-0.2, 0) is 47.9 Å². The van der Waals surface area contributed by atoms with Crippen LogP contribution in [0.2, 0.25) is 0 Å². The van der Waals surface area contributed by atoms with Gasteiger partial charge in [0.25, 0.3) is 0 Å². The summed E-state index contributed by atoms with van der Waals surface area (Å²) >= 11 is 0. The average molecular weight is 1620 g/mol. The molecule has 0 atom stereocenters. The minimum Gasteiger partial charge on any atom is -0.352 e.